The zero-order chi connectivity index (χ0) is 13.7. The summed E-state index contributed by atoms with van der Waals surface area (Å²) in [6.45, 7) is 7.14. The van der Waals surface area contributed by atoms with Gasteiger partial charge < -0.3 is 10.2 Å². The second-order valence-electron chi connectivity index (χ2n) is 3.82. The molecule has 0 aliphatic carbocycles. The van der Waals surface area contributed by atoms with E-state index in [1.54, 1.807) is 4.90 Å². The van der Waals surface area contributed by atoms with Crippen molar-refractivity contribution in [3.63, 3.8) is 0 Å². The van der Waals surface area contributed by atoms with Crippen LogP contribution >= 0.6 is 27.3 Å². The van der Waals surface area contributed by atoms with Crippen molar-refractivity contribution in [2.45, 2.75) is 20.8 Å². The summed E-state index contributed by atoms with van der Waals surface area (Å²) in [5.41, 5.74) is 1.03. The highest BCUT2D eigenvalue weighted by atomic mass is 79.9. The molecule has 0 saturated heterocycles. The number of aryl methyl sites for hydroxylation is 1. The van der Waals surface area contributed by atoms with Gasteiger partial charge in [0.15, 0.2) is 0 Å². The number of carbonyl (C=O) groups excluding carboxylic acids is 2. The third kappa shape index (κ3) is 3.81. The van der Waals surface area contributed by atoms with E-state index in [0.29, 0.717) is 18.0 Å². The Morgan fingerprint density at radius 1 is 1.39 bits per heavy atom. The molecule has 0 unspecified atom stereocenters. The Balaban J connectivity index is 2.53. The van der Waals surface area contributed by atoms with Gasteiger partial charge in [-0.2, -0.15) is 0 Å². The van der Waals surface area contributed by atoms with Crippen LogP contribution in [0.4, 0.5) is 0 Å². The molecule has 4 nitrogen and oxygen atoms in total. The quantitative estimate of drug-likeness (QED) is 0.900. The largest absolute Gasteiger partial charge is 0.342 e. The number of likely N-dealkylation sites (N-methyl/N-ethyl adjacent to an activating group) is 1. The van der Waals surface area contributed by atoms with E-state index in [9.17, 15) is 9.59 Å². The second-order valence-corrected chi connectivity index (χ2v) is 6.19. The van der Waals surface area contributed by atoms with Gasteiger partial charge in [0.25, 0.3) is 5.91 Å². The molecule has 0 saturated carbocycles. The van der Waals surface area contributed by atoms with Crippen molar-refractivity contribution in [3.8, 4) is 0 Å². The maximum Gasteiger partial charge on any atom is 0.261 e. The molecule has 1 rings (SSSR count). The fourth-order valence-corrected chi connectivity index (χ4v) is 2.95. The molecule has 18 heavy (non-hydrogen) atoms. The number of thiophene rings is 1. The van der Waals surface area contributed by atoms with Gasteiger partial charge in [0.2, 0.25) is 5.91 Å². The van der Waals surface area contributed by atoms with E-state index >= 15 is 0 Å². The molecule has 6 heteroatoms. The first kappa shape index (κ1) is 15.2. The Morgan fingerprint density at radius 3 is 2.44 bits per heavy atom. The fraction of sp³-hybridized carbons (Fsp3) is 0.500. The zero-order valence-corrected chi connectivity index (χ0v) is 13.2. The van der Waals surface area contributed by atoms with Gasteiger partial charge in [0, 0.05) is 13.1 Å². The monoisotopic (exact) mass is 332 g/mol. The number of nitrogens with zero attached hydrogens (tertiary/aromatic N) is 1. The van der Waals surface area contributed by atoms with Crippen molar-refractivity contribution < 1.29 is 9.59 Å². The van der Waals surface area contributed by atoms with E-state index in [-0.39, 0.29) is 18.4 Å². The Bertz CT molecular complexity index is 422. The maximum absolute atomic E-state index is 11.8. The van der Waals surface area contributed by atoms with Gasteiger partial charge in [-0.25, -0.2) is 0 Å². The molecule has 0 aliphatic rings. The number of amides is 2. The third-order valence-corrected chi connectivity index (χ3v) is 4.73. The summed E-state index contributed by atoms with van der Waals surface area (Å²) in [7, 11) is 0. The van der Waals surface area contributed by atoms with E-state index < -0.39 is 0 Å². The lowest BCUT2D eigenvalue weighted by Crippen LogP contribution is -2.39. The second kappa shape index (κ2) is 6.89. The van der Waals surface area contributed by atoms with Crippen molar-refractivity contribution in [2.24, 2.45) is 0 Å². The Hall–Kier alpha value is -0.880. The molecular weight excluding hydrogens is 316 g/mol. The summed E-state index contributed by atoms with van der Waals surface area (Å²) in [5, 5.41) is 2.65. The summed E-state index contributed by atoms with van der Waals surface area (Å²) in [6, 6.07) is 1.81. The van der Waals surface area contributed by atoms with E-state index in [1.165, 1.54) is 11.3 Å². The van der Waals surface area contributed by atoms with Crippen LogP contribution in [0, 0.1) is 6.92 Å². The van der Waals surface area contributed by atoms with Crippen LogP contribution in [0.1, 0.15) is 29.1 Å². The van der Waals surface area contributed by atoms with Gasteiger partial charge in [-0.15, -0.1) is 11.3 Å². The topological polar surface area (TPSA) is 49.4 Å². The lowest BCUT2D eigenvalue weighted by atomic mass is 10.3. The highest BCUT2D eigenvalue weighted by Crippen LogP contribution is 2.27. The third-order valence-electron chi connectivity index (χ3n) is 2.60. The summed E-state index contributed by atoms with van der Waals surface area (Å²) in [6.07, 6.45) is 0. The van der Waals surface area contributed by atoms with Crippen LogP contribution < -0.4 is 5.32 Å². The molecule has 1 aromatic rings. The van der Waals surface area contributed by atoms with Crippen molar-refractivity contribution in [1.82, 2.24) is 10.2 Å². The van der Waals surface area contributed by atoms with E-state index in [2.05, 4.69) is 21.2 Å². The Kier molecular flexibility index (Phi) is 5.81. The molecular formula is C12H17BrN2O2S. The number of carbonyl (C=O) groups is 2. The molecule has 100 valence electrons. The first-order valence-electron chi connectivity index (χ1n) is 5.81. The van der Waals surface area contributed by atoms with Crippen LogP contribution in [0.2, 0.25) is 0 Å². The average Bonchev–Trinajstić information content (AvgIpc) is 2.68. The zero-order valence-electron chi connectivity index (χ0n) is 10.7. The number of hydrogen-bond acceptors (Lipinski definition) is 3. The number of nitrogens with one attached hydrogen (secondary N) is 1. The first-order valence-corrected chi connectivity index (χ1v) is 7.42. The summed E-state index contributed by atoms with van der Waals surface area (Å²) in [4.78, 5) is 25.8. The molecule has 0 atom stereocenters. The molecule has 1 N–H and O–H groups in total. The maximum atomic E-state index is 11.8. The van der Waals surface area contributed by atoms with Crippen molar-refractivity contribution in [2.75, 3.05) is 19.6 Å². The highest BCUT2D eigenvalue weighted by Gasteiger charge is 2.14. The number of halogens is 1. The van der Waals surface area contributed by atoms with Crippen molar-refractivity contribution in [1.29, 1.82) is 0 Å². The molecule has 0 aliphatic heterocycles. The Morgan fingerprint density at radius 2 is 2.00 bits per heavy atom. The summed E-state index contributed by atoms with van der Waals surface area (Å²) >= 11 is 4.75. The molecule has 2 amide bonds. The van der Waals surface area contributed by atoms with Crippen molar-refractivity contribution in [3.05, 3.63) is 20.3 Å². The lowest BCUT2D eigenvalue weighted by molar-refractivity contribution is -0.129. The number of rotatable bonds is 5. The van der Waals surface area contributed by atoms with Crippen LogP contribution in [0.15, 0.2) is 9.85 Å². The standard InChI is InChI=1S/C12H17BrN2O2S/c1-4-15(5-2)10(16)7-14-12(17)9-6-8(3)11(13)18-9/h6H,4-5,7H2,1-3H3,(H,14,17). The molecule has 0 bridgehead atoms. The Labute approximate surface area is 119 Å². The number of hydrogen-bond donors (Lipinski definition) is 1. The predicted octanol–water partition coefficient (Wildman–Crippen LogP) is 2.42. The molecule has 0 radical (unpaired) electrons. The van der Waals surface area contributed by atoms with E-state index in [0.717, 1.165) is 9.35 Å². The summed E-state index contributed by atoms with van der Waals surface area (Å²) in [5.74, 6) is -0.255. The molecule has 0 aromatic carbocycles. The van der Waals surface area contributed by atoms with Gasteiger partial charge in [0.1, 0.15) is 0 Å². The van der Waals surface area contributed by atoms with Crippen LogP contribution in [0.25, 0.3) is 0 Å². The minimum Gasteiger partial charge on any atom is -0.342 e. The first-order chi connectivity index (χ1) is 8.49. The van der Waals surface area contributed by atoms with Gasteiger partial charge >= 0.3 is 0 Å². The molecule has 1 aromatic heterocycles. The predicted molar refractivity (Wildman–Crippen MR) is 77.0 cm³/mol. The smallest absolute Gasteiger partial charge is 0.261 e. The molecule has 0 spiro atoms. The van der Waals surface area contributed by atoms with Crippen LogP contribution in [0.3, 0.4) is 0 Å². The highest BCUT2D eigenvalue weighted by molar-refractivity contribution is 9.11. The van der Waals surface area contributed by atoms with Gasteiger partial charge in [-0.05, 0) is 48.3 Å². The minimum atomic E-state index is -0.200. The van der Waals surface area contributed by atoms with Crippen LogP contribution in [0.5, 0.6) is 0 Å². The lowest BCUT2D eigenvalue weighted by Gasteiger charge is -2.18. The van der Waals surface area contributed by atoms with Gasteiger partial charge in [-0.1, -0.05) is 0 Å². The fourth-order valence-electron chi connectivity index (χ4n) is 1.50. The molecule has 1 heterocycles. The van der Waals surface area contributed by atoms with Gasteiger partial charge in [0.05, 0.1) is 15.2 Å². The van der Waals surface area contributed by atoms with E-state index in [4.69, 9.17) is 0 Å². The van der Waals surface area contributed by atoms with Crippen LogP contribution in [-0.2, 0) is 4.79 Å². The van der Waals surface area contributed by atoms with E-state index in [1.807, 2.05) is 26.8 Å². The van der Waals surface area contributed by atoms with Gasteiger partial charge in [-0.3, -0.25) is 9.59 Å². The van der Waals surface area contributed by atoms with Crippen molar-refractivity contribution >= 4 is 39.1 Å². The average molecular weight is 333 g/mol. The van der Waals surface area contributed by atoms with Crippen LogP contribution in [-0.4, -0.2) is 36.3 Å². The SMILES string of the molecule is CCN(CC)C(=O)CNC(=O)c1cc(C)c(Br)s1. The minimum absolute atomic E-state index is 0.0507. The molecule has 0 fully saturated rings. The summed E-state index contributed by atoms with van der Waals surface area (Å²) < 4.78 is 0.947. The normalized spacial score (nSPS) is 10.2.